The van der Waals surface area contributed by atoms with Crippen molar-refractivity contribution in [2.75, 3.05) is 4.72 Å². The van der Waals surface area contributed by atoms with Gasteiger partial charge in [0.05, 0.1) is 10.6 Å². The van der Waals surface area contributed by atoms with Gasteiger partial charge in [-0.15, -0.1) is 0 Å². The lowest BCUT2D eigenvalue weighted by molar-refractivity contribution is 0.0999. The maximum atomic E-state index is 12.3. The number of sulfonamides is 1. The van der Waals surface area contributed by atoms with Crippen LogP contribution in [0.25, 0.3) is 0 Å². The molecule has 0 atom stereocenters. The van der Waals surface area contributed by atoms with E-state index < -0.39 is 15.9 Å². The molecule has 0 aliphatic carbocycles. The van der Waals surface area contributed by atoms with Gasteiger partial charge in [0.1, 0.15) is 0 Å². The average Bonchev–Trinajstić information content (AvgIpc) is 2.41. The second kappa shape index (κ2) is 5.57. The first-order valence-electron chi connectivity index (χ1n) is 6.30. The first-order chi connectivity index (χ1) is 9.81. The summed E-state index contributed by atoms with van der Waals surface area (Å²) in [6.07, 6.45) is 0. The van der Waals surface area contributed by atoms with Crippen LogP contribution >= 0.6 is 0 Å². The molecule has 0 radical (unpaired) electrons. The zero-order valence-corrected chi connectivity index (χ0v) is 12.6. The summed E-state index contributed by atoms with van der Waals surface area (Å²) in [7, 11) is -3.70. The van der Waals surface area contributed by atoms with Crippen LogP contribution in [-0.4, -0.2) is 14.3 Å². The number of benzene rings is 2. The molecular formula is C15H16N2O3S. The Morgan fingerprint density at radius 3 is 2.24 bits per heavy atom. The van der Waals surface area contributed by atoms with E-state index in [2.05, 4.69) is 4.72 Å². The lowest BCUT2D eigenvalue weighted by atomic mass is 10.1. The van der Waals surface area contributed by atoms with Crippen molar-refractivity contribution in [2.45, 2.75) is 18.7 Å². The molecule has 2 aromatic carbocycles. The van der Waals surface area contributed by atoms with Gasteiger partial charge >= 0.3 is 0 Å². The van der Waals surface area contributed by atoms with Crippen molar-refractivity contribution < 1.29 is 13.2 Å². The molecule has 0 aliphatic heterocycles. The molecule has 5 nitrogen and oxygen atoms in total. The minimum absolute atomic E-state index is 0.164. The highest BCUT2D eigenvalue weighted by atomic mass is 32.2. The molecule has 2 rings (SSSR count). The molecule has 0 fully saturated rings. The SMILES string of the molecule is Cc1ccc(S(=O)(=O)Nc2cccc(C(N)=O)c2C)cc1. The molecule has 110 valence electrons. The first kappa shape index (κ1) is 15.1. The molecule has 1 amide bonds. The molecule has 0 bridgehead atoms. The third-order valence-corrected chi connectivity index (χ3v) is 4.56. The quantitative estimate of drug-likeness (QED) is 0.907. The number of nitrogens with two attached hydrogens (primary N) is 1. The summed E-state index contributed by atoms with van der Waals surface area (Å²) in [5, 5.41) is 0. The van der Waals surface area contributed by atoms with Gasteiger partial charge in [0.25, 0.3) is 10.0 Å². The second-order valence-corrected chi connectivity index (χ2v) is 6.44. The third-order valence-electron chi connectivity index (χ3n) is 3.17. The molecule has 0 aliphatic rings. The van der Waals surface area contributed by atoms with Gasteiger partial charge in [-0.05, 0) is 43.7 Å². The minimum atomic E-state index is -3.70. The summed E-state index contributed by atoms with van der Waals surface area (Å²) in [5.41, 5.74) is 7.36. The number of aryl methyl sites for hydroxylation is 1. The number of primary amides is 1. The van der Waals surface area contributed by atoms with Crippen LogP contribution in [0.1, 0.15) is 21.5 Å². The highest BCUT2D eigenvalue weighted by molar-refractivity contribution is 7.92. The Balaban J connectivity index is 2.39. The first-order valence-corrected chi connectivity index (χ1v) is 7.78. The predicted octanol–water partition coefficient (Wildman–Crippen LogP) is 2.20. The van der Waals surface area contributed by atoms with Crippen molar-refractivity contribution in [1.29, 1.82) is 0 Å². The Bertz CT molecular complexity index is 781. The Hall–Kier alpha value is -2.34. The summed E-state index contributed by atoms with van der Waals surface area (Å²) >= 11 is 0. The second-order valence-electron chi connectivity index (χ2n) is 4.76. The van der Waals surface area contributed by atoms with E-state index in [1.165, 1.54) is 12.1 Å². The van der Waals surface area contributed by atoms with Gasteiger partial charge in [-0.2, -0.15) is 0 Å². The largest absolute Gasteiger partial charge is 0.366 e. The van der Waals surface area contributed by atoms with Gasteiger partial charge < -0.3 is 5.73 Å². The van der Waals surface area contributed by atoms with Gasteiger partial charge in [0.2, 0.25) is 5.91 Å². The van der Waals surface area contributed by atoms with Crippen LogP contribution < -0.4 is 10.5 Å². The highest BCUT2D eigenvalue weighted by Crippen LogP contribution is 2.22. The smallest absolute Gasteiger partial charge is 0.261 e. The number of rotatable bonds is 4. The molecule has 21 heavy (non-hydrogen) atoms. The van der Waals surface area contributed by atoms with E-state index in [0.717, 1.165) is 5.56 Å². The fourth-order valence-corrected chi connectivity index (χ4v) is 3.06. The van der Waals surface area contributed by atoms with Crippen molar-refractivity contribution in [3.8, 4) is 0 Å². The monoisotopic (exact) mass is 304 g/mol. The van der Waals surface area contributed by atoms with Crippen LogP contribution in [0, 0.1) is 13.8 Å². The van der Waals surface area contributed by atoms with Crippen LogP contribution in [0.4, 0.5) is 5.69 Å². The van der Waals surface area contributed by atoms with Crippen LogP contribution in [-0.2, 0) is 10.0 Å². The van der Waals surface area contributed by atoms with E-state index in [1.54, 1.807) is 37.3 Å². The zero-order valence-electron chi connectivity index (χ0n) is 11.8. The van der Waals surface area contributed by atoms with Crippen LogP contribution in [0.2, 0.25) is 0 Å². The van der Waals surface area contributed by atoms with Crippen molar-refractivity contribution in [1.82, 2.24) is 0 Å². The van der Waals surface area contributed by atoms with Gasteiger partial charge in [-0.1, -0.05) is 23.8 Å². The van der Waals surface area contributed by atoms with Crippen LogP contribution in [0.3, 0.4) is 0 Å². The number of carbonyl (C=O) groups is 1. The van der Waals surface area contributed by atoms with Gasteiger partial charge in [0.15, 0.2) is 0 Å². The Labute approximate surface area is 123 Å². The van der Waals surface area contributed by atoms with Gasteiger partial charge in [0, 0.05) is 5.56 Å². The van der Waals surface area contributed by atoms with E-state index in [4.69, 9.17) is 5.73 Å². The minimum Gasteiger partial charge on any atom is -0.366 e. The lowest BCUT2D eigenvalue weighted by Gasteiger charge is -2.12. The molecular weight excluding hydrogens is 288 g/mol. The summed E-state index contributed by atoms with van der Waals surface area (Å²) in [5.74, 6) is -0.594. The summed E-state index contributed by atoms with van der Waals surface area (Å²) in [6, 6.07) is 11.2. The zero-order chi connectivity index (χ0) is 15.6. The topological polar surface area (TPSA) is 89.3 Å². The molecule has 2 aromatic rings. The van der Waals surface area contributed by atoms with E-state index in [-0.39, 0.29) is 4.90 Å². The van der Waals surface area contributed by atoms with Crippen molar-refractivity contribution in [3.63, 3.8) is 0 Å². The summed E-state index contributed by atoms with van der Waals surface area (Å²) < 4.78 is 27.1. The molecule has 0 spiro atoms. The highest BCUT2D eigenvalue weighted by Gasteiger charge is 2.16. The fraction of sp³-hybridized carbons (Fsp3) is 0.133. The Morgan fingerprint density at radius 1 is 1.05 bits per heavy atom. The number of amides is 1. The Kier molecular flexibility index (Phi) is 3.99. The van der Waals surface area contributed by atoms with E-state index in [0.29, 0.717) is 16.8 Å². The van der Waals surface area contributed by atoms with Crippen molar-refractivity contribution in [2.24, 2.45) is 5.73 Å². The molecule has 3 N–H and O–H groups in total. The van der Waals surface area contributed by atoms with Crippen LogP contribution in [0.5, 0.6) is 0 Å². The lowest BCUT2D eigenvalue weighted by Crippen LogP contribution is -2.17. The van der Waals surface area contributed by atoms with Gasteiger partial charge in [-0.3, -0.25) is 9.52 Å². The number of anilines is 1. The number of hydrogen-bond donors (Lipinski definition) is 2. The van der Waals surface area contributed by atoms with Gasteiger partial charge in [-0.25, -0.2) is 8.42 Å². The molecule has 0 aromatic heterocycles. The molecule has 0 unspecified atom stereocenters. The summed E-state index contributed by atoms with van der Waals surface area (Å²) in [4.78, 5) is 11.5. The van der Waals surface area contributed by atoms with E-state index in [9.17, 15) is 13.2 Å². The average molecular weight is 304 g/mol. The Morgan fingerprint density at radius 2 is 1.67 bits per heavy atom. The maximum absolute atomic E-state index is 12.3. The van der Waals surface area contributed by atoms with Crippen molar-refractivity contribution >= 4 is 21.6 Å². The molecule has 6 heteroatoms. The molecule has 0 saturated heterocycles. The van der Waals surface area contributed by atoms with Crippen LogP contribution in [0.15, 0.2) is 47.4 Å². The van der Waals surface area contributed by atoms with E-state index in [1.807, 2.05) is 6.92 Å². The standard InChI is InChI=1S/C15H16N2O3S/c1-10-6-8-12(9-7-10)21(19,20)17-14-5-3-4-13(11(14)2)15(16)18/h3-9,17H,1-2H3,(H2,16,18). The van der Waals surface area contributed by atoms with E-state index >= 15 is 0 Å². The molecule has 0 heterocycles. The number of nitrogens with one attached hydrogen (secondary N) is 1. The summed E-state index contributed by atoms with van der Waals surface area (Å²) in [6.45, 7) is 3.53. The predicted molar refractivity (Wildman–Crippen MR) is 81.7 cm³/mol. The van der Waals surface area contributed by atoms with Crippen molar-refractivity contribution in [3.05, 3.63) is 59.2 Å². The molecule has 0 saturated carbocycles. The number of hydrogen-bond acceptors (Lipinski definition) is 3. The normalized spacial score (nSPS) is 11.1. The third kappa shape index (κ3) is 3.22. The fourth-order valence-electron chi connectivity index (χ4n) is 1.93. The maximum Gasteiger partial charge on any atom is 0.261 e. The number of carbonyl (C=O) groups excluding carboxylic acids is 1.